The van der Waals surface area contributed by atoms with E-state index in [0.717, 1.165) is 11.3 Å². The SMILES string of the molecule is COc1cc(N(C)Cc2cccc(F)c2)ccc1N. The molecule has 2 N–H and O–H groups in total. The number of anilines is 2. The minimum atomic E-state index is -0.221. The van der Waals surface area contributed by atoms with Gasteiger partial charge in [-0.15, -0.1) is 0 Å². The third-order valence-electron chi connectivity index (χ3n) is 2.97. The van der Waals surface area contributed by atoms with Gasteiger partial charge in [0, 0.05) is 25.3 Å². The standard InChI is InChI=1S/C15H17FN2O/c1-18(10-11-4-3-5-12(16)8-11)13-6-7-14(17)15(9-13)19-2/h3-9H,10,17H2,1-2H3. The highest BCUT2D eigenvalue weighted by molar-refractivity contribution is 5.62. The number of hydrogen-bond acceptors (Lipinski definition) is 3. The second kappa shape index (κ2) is 5.61. The number of ether oxygens (including phenoxy) is 1. The molecule has 0 heterocycles. The molecular weight excluding hydrogens is 243 g/mol. The van der Waals surface area contributed by atoms with Crippen LogP contribution in [0.1, 0.15) is 5.56 Å². The van der Waals surface area contributed by atoms with Crippen molar-refractivity contribution < 1.29 is 9.13 Å². The normalized spacial score (nSPS) is 10.3. The van der Waals surface area contributed by atoms with E-state index in [2.05, 4.69) is 0 Å². The van der Waals surface area contributed by atoms with Gasteiger partial charge >= 0.3 is 0 Å². The molecule has 3 nitrogen and oxygen atoms in total. The van der Waals surface area contributed by atoms with Crippen LogP contribution in [0.15, 0.2) is 42.5 Å². The highest BCUT2D eigenvalue weighted by Crippen LogP contribution is 2.27. The van der Waals surface area contributed by atoms with Crippen molar-refractivity contribution in [3.8, 4) is 5.75 Å². The summed E-state index contributed by atoms with van der Waals surface area (Å²) in [6.45, 7) is 0.616. The molecule has 19 heavy (non-hydrogen) atoms. The number of benzene rings is 2. The van der Waals surface area contributed by atoms with E-state index in [1.165, 1.54) is 12.1 Å². The van der Waals surface area contributed by atoms with Gasteiger partial charge in [0.15, 0.2) is 0 Å². The first kappa shape index (κ1) is 13.2. The molecule has 0 aromatic heterocycles. The lowest BCUT2D eigenvalue weighted by molar-refractivity contribution is 0.417. The predicted octanol–water partition coefficient (Wildman–Crippen LogP) is 3.05. The molecule has 100 valence electrons. The molecule has 4 heteroatoms. The molecule has 0 spiro atoms. The first-order valence-corrected chi connectivity index (χ1v) is 5.99. The van der Waals surface area contributed by atoms with E-state index < -0.39 is 0 Å². The average molecular weight is 260 g/mol. The van der Waals surface area contributed by atoms with Crippen LogP contribution in [0.25, 0.3) is 0 Å². The summed E-state index contributed by atoms with van der Waals surface area (Å²) < 4.78 is 18.3. The van der Waals surface area contributed by atoms with Gasteiger partial charge in [0.05, 0.1) is 12.8 Å². The van der Waals surface area contributed by atoms with Crippen molar-refractivity contribution in [2.45, 2.75) is 6.54 Å². The minimum Gasteiger partial charge on any atom is -0.495 e. The van der Waals surface area contributed by atoms with Crippen LogP contribution in [0.4, 0.5) is 15.8 Å². The summed E-state index contributed by atoms with van der Waals surface area (Å²) in [5, 5.41) is 0. The Morgan fingerprint density at radius 3 is 2.68 bits per heavy atom. The third kappa shape index (κ3) is 3.16. The predicted molar refractivity (Wildman–Crippen MR) is 75.9 cm³/mol. The van der Waals surface area contributed by atoms with Crippen LogP contribution < -0.4 is 15.4 Å². The molecule has 0 radical (unpaired) electrons. The Balaban J connectivity index is 2.18. The first-order chi connectivity index (χ1) is 9.10. The minimum absolute atomic E-state index is 0.221. The van der Waals surface area contributed by atoms with Crippen LogP contribution >= 0.6 is 0 Å². The summed E-state index contributed by atoms with van der Waals surface area (Å²) in [7, 11) is 3.53. The topological polar surface area (TPSA) is 38.5 Å². The Morgan fingerprint density at radius 2 is 2.00 bits per heavy atom. The Labute approximate surface area is 112 Å². The monoisotopic (exact) mass is 260 g/mol. The lowest BCUT2D eigenvalue weighted by Gasteiger charge is -2.20. The molecule has 0 saturated heterocycles. The Morgan fingerprint density at radius 1 is 1.21 bits per heavy atom. The van der Waals surface area contributed by atoms with E-state index in [0.29, 0.717) is 18.0 Å². The van der Waals surface area contributed by atoms with Gasteiger partial charge in [-0.05, 0) is 29.8 Å². The molecule has 0 atom stereocenters. The summed E-state index contributed by atoms with van der Waals surface area (Å²) in [5.41, 5.74) is 8.26. The lowest BCUT2D eigenvalue weighted by Crippen LogP contribution is -2.16. The number of nitrogens with two attached hydrogens (primary N) is 1. The van der Waals surface area contributed by atoms with Crippen LogP contribution in [0, 0.1) is 5.82 Å². The molecule has 0 saturated carbocycles. The van der Waals surface area contributed by atoms with Gasteiger partial charge in [-0.3, -0.25) is 0 Å². The van der Waals surface area contributed by atoms with Crippen molar-refractivity contribution in [2.75, 3.05) is 24.8 Å². The second-order valence-electron chi connectivity index (χ2n) is 4.41. The average Bonchev–Trinajstić information content (AvgIpc) is 2.39. The van der Waals surface area contributed by atoms with Crippen molar-refractivity contribution in [2.24, 2.45) is 0 Å². The molecule has 2 aromatic rings. The Kier molecular flexibility index (Phi) is 3.90. The zero-order valence-corrected chi connectivity index (χ0v) is 11.1. The number of rotatable bonds is 4. The van der Waals surface area contributed by atoms with Gasteiger partial charge in [0.2, 0.25) is 0 Å². The summed E-state index contributed by atoms with van der Waals surface area (Å²) in [6, 6.07) is 12.2. The van der Waals surface area contributed by atoms with E-state index in [4.69, 9.17) is 10.5 Å². The molecule has 0 aliphatic rings. The van der Waals surface area contributed by atoms with Gasteiger partial charge in [-0.1, -0.05) is 12.1 Å². The number of hydrogen-bond donors (Lipinski definition) is 1. The molecule has 0 aliphatic heterocycles. The fraction of sp³-hybridized carbons (Fsp3) is 0.200. The molecule has 0 amide bonds. The fourth-order valence-electron chi connectivity index (χ4n) is 1.94. The maximum Gasteiger partial charge on any atom is 0.143 e. The summed E-state index contributed by atoms with van der Waals surface area (Å²) in [5.74, 6) is 0.421. The van der Waals surface area contributed by atoms with Crippen LogP contribution in [0.3, 0.4) is 0 Å². The van der Waals surface area contributed by atoms with Crippen LogP contribution in [-0.2, 0) is 6.54 Å². The van der Waals surface area contributed by atoms with Gasteiger partial charge in [-0.25, -0.2) is 4.39 Å². The smallest absolute Gasteiger partial charge is 0.143 e. The summed E-state index contributed by atoms with van der Waals surface area (Å²) in [4.78, 5) is 2.01. The second-order valence-corrected chi connectivity index (χ2v) is 4.41. The molecule has 0 bridgehead atoms. The number of methoxy groups -OCH3 is 1. The highest BCUT2D eigenvalue weighted by atomic mass is 19.1. The van der Waals surface area contributed by atoms with Crippen LogP contribution in [0.5, 0.6) is 5.75 Å². The van der Waals surface area contributed by atoms with Crippen molar-refractivity contribution in [3.63, 3.8) is 0 Å². The van der Waals surface area contributed by atoms with Gasteiger partial charge in [0.25, 0.3) is 0 Å². The quantitative estimate of drug-likeness (QED) is 0.859. The van der Waals surface area contributed by atoms with E-state index >= 15 is 0 Å². The maximum atomic E-state index is 13.1. The van der Waals surface area contributed by atoms with Crippen molar-refractivity contribution in [3.05, 3.63) is 53.8 Å². The first-order valence-electron chi connectivity index (χ1n) is 5.99. The highest BCUT2D eigenvalue weighted by Gasteiger charge is 2.06. The molecule has 2 rings (SSSR count). The zero-order chi connectivity index (χ0) is 13.8. The Bertz CT molecular complexity index is 572. The van der Waals surface area contributed by atoms with Crippen molar-refractivity contribution in [1.29, 1.82) is 0 Å². The molecular formula is C15H17FN2O. The van der Waals surface area contributed by atoms with Gasteiger partial charge in [-0.2, -0.15) is 0 Å². The zero-order valence-electron chi connectivity index (χ0n) is 11.1. The number of nitrogen functional groups attached to an aromatic ring is 1. The molecule has 0 fully saturated rings. The van der Waals surface area contributed by atoms with E-state index in [1.807, 2.05) is 30.1 Å². The summed E-state index contributed by atoms with van der Waals surface area (Å²) in [6.07, 6.45) is 0. The van der Waals surface area contributed by atoms with Crippen LogP contribution in [-0.4, -0.2) is 14.2 Å². The van der Waals surface area contributed by atoms with Gasteiger partial charge < -0.3 is 15.4 Å². The lowest BCUT2D eigenvalue weighted by atomic mass is 10.2. The van der Waals surface area contributed by atoms with Crippen molar-refractivity contribution >= 4 is 11.4 Å². The number of halogens is 1. The van der Waals surface area contributed by atoms with Crippen molar-refractivity contribution in [1.82, 2.24) is 0 Å². The maximum absolute atomic E-state index is 13.1. The fourth-order valence-corrected chi connectivity index (χ4v) is 1.94. The molecule has 0 aliphatic carbocycles. The molecule has 0 unspecified atom stereocenters. The van der Waals surface area contributed by atoms with E-state index in [9.17, 15) is 4.39 Å². The molecule has 2 aromatic carbocycles. The van der Waals surface area contributed by atoms with E-state index in [-0.39, 0.29) is 5.82 Å². The summed E-state index contributed by atoms with van der Waals surface area (Å²) >= 11 is 0. The van der Waals surface area contributed by atoms with E-state index in [1.54, 1.807) is 19.2 Å². The van der Waals surface area contributed by atoms with Gasteiger partial charge in [0.1, 0.15) is 11.6 Å². The number of nitrogens with zero attached hydrogens (tertiary/aromatic N) is 1. The van der Waals surface area contributed by atoms with Crippen LogP contribution in [0.2, 0.25) is 0 Å². The third-order valence-corrected chi connectivity index (χ3v) is 2.97. The largest absolute Gasteiger partial charge is 0.495 e. The Hall–Kier alpha value is -2.23.